The number of rotatable bonds is 4. The molecule has 0 fully saturated rings. The Balaban J connectivity index is 2.31. The number of ketones is 1. The molecule has 0 atom stereocenters. The molecule has 0 aromatic heterocycles. The predicted molar refractivity (Wildman–Crippen MR) is 66.2 cm³/mol. The Morgan fingerprint density at radius 2 is 2.17 bits per heavy atom. The van der Waals surface area contributed by atoms with Crippen LogP contribution in [0.4, 0.5) is 10.1 Å². The number of carbonyl (C=O) groups is 2. The molecule has 1 aromatic rings. The van der Waals surface area contributed by atoms with Crippen LogP contribution >= 0.6 is 0 Å². The number of Topliss-reactive ketones (excluding diaryl/α,β-unsaturated/α-hetero) is 1. The van der Waals surface area contributed by atoms with Gasteiger partial charge in [-0.25, -0.2) is 4.39 Å². The lowest BCUT2D eigenvalue weighted by atomic mass is 10.1. The summed E-state index contributed by atoms with van der Waals surface area (Å²) in [6.07, 6.45) is 0. The average Bonchev–Trinajstić information content (AvgIpc) is 2.55. The van der Waals surface area contributed by atoms with Gasteiger partial charge >= 0.3 is 0 Å². The minimum Gasteiger partial charge on any atom is -0.316 e. The van der Waals surface area contributed by atoms with Gasteiger partial charge in [-0.2, -0.15) is 0 Å². The van der Waals surface area contributed by atoms with Gasteiger partial charge in [0.1, 0.15) is 5.82 Å². The molecule has 94 valence electrons. The minimum atomic E-state index is -0.665. The van der Waals surface area contributed by atoms with Crippen LogP contribution in [0.1, 0.15) is 10.4 Å². The summed E-state index contributed by atoms with van der Waals surface area (Å²) in [7, 11) is 1.77. The lowest BCUT2D eigenvalue weighted by Crippen LogP contribution is -2.33. The number of amides is 1. The van der Waals surface area contributed by atoms with Gasteiger partial charge in [0.05, 0.1) is 11.3 Å². The van der Waals surface area contributed by atoms with Gasteiger partial charge < -0.3 is 10.2 Å². The van der Waals surface area contributed by atoms with Crippen LogP contribution in [0.25, 0.3) is 0 Å². The van der Waals surface area contributed by atoms with Gasteiger partial charge in [0.15, 0.2) is 0 Å². The van der Waals surface area contributed by atoms with Crippen molar-refractivity contribution in [2.45, 2.75) is 0 Å². The number of hydrogen-bond donors (Lipinski definition) is 1. The second-order valence-corrected chi connectivity index (χ2v) is 4.16. The summed E-state index contributed by atoms with van der Waals surface area (Å²) in [5, 5.41) is 2.92. The summed E-state index contributed by atoms with van der Waals surface area (Å²) in [6.45, 7) is 4.62. The third-order valence-corrected chi connectivity index (χ3v) is 2.74. The zero-order valence-corrected chi connectivity index (χ0v) is 10.00. The van der Waals surface area contributed by atoms with Crippen molar-refractivity contribution < 1.29 is 14.0 Å². The SMILES string of the molecule is C=C(CNC)CN1C(=O)C(=O)c2cc(F)ccc21. The molecule has 0 unspecified atom stereocenters. The van der Waals surface area contributed by atoms with Gasteiger partial charge in [0.2, 0.25) is 0 Å². The first kappa shape index (κ1) is 12.4. The highest BCUT2D eigenvalue weighted by Gasteiger charge is 2.35. The zero-order chi connectivity index (χ0) is 13.3. The Morgan fingerprint density at radius 3 is 2.83 bits per heavy atom. The molecule has 1 N–H and O–H groups in total. The van der Waals surface area contributed by atoms with E-state index in [-0.39, 0.29) is 12.1 Å². The number of nitrogens with zero attached hydrogens (tertiary/aromatic N) is 1. The number of anilines is 1. The fourth-order valence-corrected chi connectivity index (χ4v) is 1.96. The van der Waals surface area contributed by atoms with E-state index in [1.165, 1.54) is 17.0 Å². The smallest absolute Gasteiger partial charge is 0.299 e. The molecular formula is C13H13FN2O2. The number of carbonyl (C=O) groups excluding carboxylic acids is 2. The Labute approximate surface area is 104 Å². The fourth-order valence-electron chi connectivity index (χ4n) is 1.96. The van der Waals surface area contributed by atoms with Crippen molar-refractivity contribution >= 4 is 17.4 Å². The lowest BCUT2D eigenvalue weighted by molar-refractivity contribution is -0.114. The van der Waals surface area contributed by atoms with Crippen LogP contribution in [0.15, 0.2) is 30.4 Å². The molecule has 1 heterocycles. The van der Waals surface area contributed by atoms with E-state index in [9.17, 15) is 14.0 Å². The molecule has 0 saturated heterocycles. The first-order valence-electron chi connectivity index (χ1n) is 5.51. The quantitative estimate of drug-likeness (QED) is 0.642. The molecule has 4 nitrogen and oxygen atoms in total. The molecule has 0 saturated carbocycles. The van der Waals surface area contributed by atoms with Crippen LogP contribution < -0.4 is 10.2 Å². The molecule has 0 bridgehead atoms. The van der Waals surface area contributed by atoms with Crippen LogP contribution in [0.3, 0.4) is 0 Å². The first-order valence-corrected chi connectivity index (χ1v) is 5.51. The van der Waals surface area contributed by atoms with E-state index in [0.29, 0.717) is 12.2 Å². The normalized spacial score (nSPS) is 14.0. The van der Waals surface area contributed by atoms with Crippen LogP contribution in [0.5, 0.6) is 0 Å². The molecule has 5 heteroatoms. The number of hydrogen-bond acceptors (Lipinski definition) is 3. The van der Waals surface area contributed by atoms with Crippen molar-refractivity contribution in [1.29, 1.82) is 0 Å². The standard InChI is InChI=1S/C13H13FN2O2/c1-8(6-15-2)7-16-11-4-3-9(14)5-10(11)12(17)13(16)18/h3-5,15H,1,6-7H2,2H3. The third-order valence-electron chi connectivity index (χ3n) is 2.74. The van der Waals surface area contributed by atoms with E-state index in [0.717, 1.165) is 11.6 Å². The molecule has 1 aromatic carbocycles. The van der Waals surface area contributed by atoms with Gasteiger partial charge in [0.25, 0.3) is 11.7 Å². The van der Waals surface area contributed by atoms with Crippen molar-refractivity contribution in [2.24, 2.45) is 0 Å². The maximum atomic E-state index is 13.1. The Kier molecular flexibility index (Phi) is 3.25. The second kappa shape index (κ2) is 4.70. The molecule has 0 spiro atoms. The highest BCUT2D eigenvalue weighted by atomic mass is 19.1. The number of benzene rings is 1. The van der Waals surface area contributed by atoms with Crippen molar-refractivity contribution in [3.05, 3.63) is 41.7 Å². The highest BCUT2D eigenvalue weighted by molar-refractivity contribution is 6.52. The van der Waals surface area contributed by atoms with Gasteiger partial charge in [-0.3, -0.25) is 9.59 Å². The summed E-state index contributed by atoms with van der Waals surface area (Å²) in [5.74, 6) is -1.82. The predicted octanol–water partition coefficient (Wildman–Crippen LogP) is 1.13. The highest BCUT2D eigenvalue weighted by Crippen LogP contribution is 2.29. The number of fused-ring (bicyclic) bond motifs is 1. The summed E-state index contributed by atoms with van der Waals surface area (Å²) in [5.41, 5.74) is 1.34. The summed E-state index contributed by atoms with van der Waals surface area (Å²) in [6, 6.07) is 3.77. The van der Waals surface area contributed by atoms with Crippen LogP contribution in [-0.2, 0) is 4.79 Å². The zero-order valence-electron chi connectivity index (χ0n) is 10.00. The van der Waals surface area contributed by atoms with Crippen molar-refractivity contribution in [1.82, 2.24) is 5.32 Å². The first-order chi connectivity index (χ1) is 8.54. The number of halogens is 1. The van der Waals surface area contributed by atoms with E-state index in [1.807, 2.05) is 0 Å². The molecular weight excluding hydrogens is 235 g/mol. The minimum absolute atomic E-state index is 0.122. The van der Waals surface area contributed by atoms with Crippen LogP contribution in [0, 0.1) is 5.82 Å². The Morgan fingerprint density at radius 1 is 1.44 bits per heavy atom. The van der Waals surface area contributed by atoms with Crippen LogP contribution in [-0.4, -0.2) is 31.8 Å². The van der Waals surface area contributed by atoms with Gasteiger partial charge in [-0.1, -0.05) is 6.58 Å². The van der Waals surface area contributed by atoms with Crippen molar-refractivity contribution in [2.75, 3.05) is 25.0 Å². The maximum Gasteiger partial charge on any atom is 0.299 e. The molecule has 1 amide bonds. The molecule has 18 heavy (non-hydrogen) atoms. The summed E-state index contributed by atoms with van der Waals surface area (Å²) >= 11 is 0. The molecule has 0 radical (unpaired) electrons. The molecule has 1 aliphatic rings. The summed E-state index contributed by atoms with van der Waals surface area (Å²) < 4.78 is 13.1. The molecule has 1 aliphatic heterocycles. The molecule has 2 rings (SSSR count). The van der Waals surface area contributed by atoms with Crippen LogP contribution in [0.2, 0.25) is 0 Å². The Hall–Kier alpha value is -2.01. The van der Waals surface area contributed by atoms with Gasteiger partial charge in [0, 0.05) is 13.1 Å². The van der Waals surface area contributed by atoms with E-state index in [4.69, 9.17) is 0 Å². The molecule has 0 aliphatic carbocycles. The van der Waals surface area contributed by atoms with Gasteiger partial charge in [-0.15, -0.1) is 0 Å². The summed E-state index contributed by atoms with van der Waals surface area (Å²) in [4.78, 5) is 24.8. The average molecular weight is 248 g/mol. The van der Waals surface area contributed by atoms with Gasteiger partial charge in [-0.05, 0) is 30.8 Å². The van der Waals surface area contributed by atoms with E-state index in [1.54, 1.807) is 7.05 Å². The lowest BCUT2D eigenvalue weighted by Gasteiger charge is -2.17. The van der Waals surface area contributed by atoms with Crippen molar-refractivity contribution in [3.63, 3.8) is 0 Å². The Bertz CT molecular complexity index is 540. The second-order valence-electron chi connectivity index (χ2n) is 4.16. The van der Waals surface area contributed by atoms with Crippen molar-refractivity contribution in [3.8, 4) is 0 Å². The number of likely N-dealkylation sites (N-methyl/N-ethyl adjacent to an activating group) is 1. The van der Waals surface area contributed by atoms with E-state index < -0.39 is 17.5 Å². The third kappa shape index (κ3) is 2.04. The van der Waals surface area contributed by atoms with E-state index in [2.05, 4.69) is 11.9 Å². The maximum absolute atomic E-state index is 13.1. The largest absolute Gasteiger partial charge is 0.316 e. The topological polar surface area (TPSA) is 49.4 Å². The fraction of sp³-hybridized carbons (Fsp3) is 0.231. The monoisotopic (exact) mass is 248 g/mol. The van der Waals surface area contributed by atoms with E-state index >= 15 is 0 Å². The number of nitrogens with one attached hydrogen (secondary N) is 1.